The van der Waals surface area contributed by atoms with E-state index in [0.717, 1.165) is 33.5 Å². The van der Waals surface area contributed by atoms with Crippen LogP contribution >= 0.6 is 0 Å². The van der Waals surface area contributed by atoms with E-state index in [4.69, 9.17) is 4.98 Å². The number of hydrogen-bond acceptors (Lipinski definition) is 1. The van der Waals surface area contributed by atoms with Crippen molar-refractivity contribution in [3.8, 4) is 27.9 Å². The quantitative estimate of drug-likeness (QED) is 0.267. The summed E-state index contributed by atoms with van der Waals surface area (Å²) >= 11 is 0. The van der Waals surface area contributed by atoms with Crippen molar-refractivity contribution in [3.05, 3.63) is 127 Å². The third-order valence-electron chi connectivity index (χ3n) is 6.75. The molecule has 0 aliphatic heterocycles. The first-order valence-electron chi connectivity index (χ1n) is 11.9. The van der Waals surface area contributed by atoms with E-state index in [-0.39, 0.29) is 0 Å². The summed E-state index contributed by atoms with van der Waals surface area (Å²) in [6.07, 6.45) is 0. The van der Waals surface area contributed by atoms with E-state index < -0.39 is 0 Å². The van der Waals surface area contributed by atoms with E-state index in [0.29, 0.717) is 0 Å². The van der Waals surface area contributed by atoms with Crippen LogP contribution in [0.5, 0.6) is 0 Å². The lowest BCUT2D eigenvalue weighted by atomic mass is 9.98. The largest absolute Gasteiger partial charge is 0.278 e. The Kier molecular flexibility index (Phi) is 4.36. The van der Waals surface area contributed by atoms with Crippen molar-refractivity contribution in [1.29, 1.82) is 0 Å². The van der Waals surface area contributed by atoms with Gasteiger partial charge in [0.25, 0.3) is 0 Å². The van der Waals surface area contributed by atoms with Gasteiger partial charge >= 0.3 is 0 Å². The van der Waals surface area contributed by atoms with Crippen LogP contribution in [0.4, 0.5) is 0 Å². The van der Waals surface area contributed by atoms with Crippen LogP contribution < -0.4 is 0 Å². The summed E-state index contributed by atoms with van der Waals surface area (Å²) in [6.45, 7) is 2.13. The number of para-hydroxylation sites is 2. The second-order valence-corrected chi connectivity index (χ2v) is 9.06. The van der Waals surface area contributed by atoms with Crippen LogP contribution in [-0.4, -0.2) is 14.0 Å². The maximum atomic E-state index is 5.10. The van der Waals surface area contributed by atoms with Gasteiger partial charge in [-0.2, -0.15) is 0 Å². The molecule has 2 heterocycles. The minimum absolute atomic E-state index is 0.927. The van der Waals surface area contributed by atoms with Crippen molar-refractivity contribution < 1.29 is 0 Å². The van der Waals surface area contributed by atoms with Gasteiger partial charge in [-0.3, -0.25) is 8.97 Å². The zero-order valence-electron chi connectivity index (χ0n) is 19.4. The van der Waals surface area contributed by atoms with Gasteiger partial charge in [0.2, 0.25) is 5.78 Å². The molecule has 0 saturated heterocycles. The Bertz CT molecular complexity index is 1780. The fraction of sp³-hybridized carbons (Fsp3) is 0.0312. The average molecular weight is 450 g/mol. The van der Waals surface area contributed by atoms with Gasteiger partial charge in [-0.1, -0.05) is 78.9 Å². The summed E-state index contributed by atoms with van der Waals surface area (Å²) in [6, 6.07) is 43.1. The Morgan fingerprint density at radius 2 is 1.11 bits per heavy atom. The molecule has 0 amide bonds. The fourth-order valence-electron chi connectivity index (χ4n) is 5.10. The summed E-state index contributed by atoms with van der Waals surface area (Å²) < 4.78 is 4.58. The van der Waals surface area contributed by atoms with Gasteiger partial charge in [0.1, 0.15) is 0 Å². The first-order valence-corrected chi connectivity index (χ1v) is 11.9. The van der Waals surface area contributed by atoms with Gasteiger partial charge in [0, 0.05) is 0 Å². The molecule has 35 heavy (non-hydrogen) atoms. The maximum Gasteiger partial charge on any atom is 0.220 e. The standard InChI is InChI=1S/C32H23N3/c1-22-16-17-28-31(18-22)35-30-15-9-8-14-29(30)34(32(35)33-28)27-20-25(23-10-4-2-5-11-23)19-26(21-27)24-12-6-3-7-13-24/h2-21H,1H3. The van der Waals surface area contributed by atoms with Gasteiger partial charge in [0.15, 0.2) is 0 Å². The average Bonchev–Trinajstić information content (AvgIpc) is 3.43. The first-order chi connectivity index (χ1) is 17.3. The molecular weight excluding hydrogens is 426 g/mol. The van der Waals surface area contributed by atoms with Crippen LogP contribution in [0, 0.1) is 6.92 Å². The molecule has 0 spiro atoms. The van der Waals surface area contributed by atoms with Crippen molar-refractivity contribution in [3.63, 3.8) is 0 Å². The van der Waals surface area contributed by atoms with Crippen LogP contribution in [0.25, 0.3) is 55.8 Å². The smallest absolute Gasteiger partial charge is 0.220 e. The van der Waals surface area contributed by atoms with Gasteiger partial charge < -0.3 is 0 Å². The summed E-state index contributed by atoms with van der Waals surface area (Å²) in [5.74, 6) is 0.927. The zero-order chi connectivity index (χ0) is 23.4. The van der Waals surface area contributed by atoms with Crippen LogP contribution in [0.15, 0.2) is 121 Å². The highest BCUT2D eigenvalue weighted by Gasteiger charge is 2.18. The van der Waals surface area contributed by atoms with Crippen molar-refractivity contribution in [2.75, 3.05) is 0 Å². The Morgan fingerprint density at radius 3 is 1.77 bits per heavy atom. The number of aryl methyl sites for hydroxylation is 1. The van der Waals surface area contributed by atoms with Gasteiger partial charge in [-0.15, -0.1) is 0 Å². The molecule has 0 fully saturated rings. The van der Waals surface area contributed by atoms with Crippen molar-refractivity contribution >= 4 is 27.8 Å². The van der Waals surface area contributed by atoms with E-state index in [2.05, 4.69) is 137 Å². The Labute approximate surface area is 203 Å². The second-order valence-electron chi connectivity index (χ2n) is 9.06. The number of rotatable bonds is 3. The molecule has 0 saturated carbocycles. The van der Waals surface area contributed by atoms with Crippen LogP contribution in [0.1, 0.15) is 5.56 Å². The van der Waals surface area contributed by atoms with Crippen molar-refractivity contribution in [1.82, 2.24) is 14.0 Å². The molecular formula is C32H23N3. The fourth-order valence-corrected chi connectivity index (χ4v) is 5.10. The van der Waals surface area contributed by atoms with Gasteiger partial charge in [-0.25, -0.2) is 4.98 Å². The molecule has 0 N–H and O–H groups in total. The van der Waals surface area contributed by atoms with E-state index in [9.17, 15) is 0 Å². The SMILES string of the molecule is Cc1ccc2nc3n(-c4cc(-c5ccccc5)cc(-c5ccccc5)c4)c4ccccc4n3c2c1. The number of imidazole rings is 2. The highest BCUT2D eigenvalue weighted by Crippen LogP contribution is 2.34. The molecule has 7 rings (SSSR count). The predicted octanol–water partition coefficient (Wildman–Crippen LogP) is 8.07. The Hall–Kier alpha value is -4.63. The monoisotopic (exact) mass is 449 g/mol. The van der Waals surface area contributed by atoms with E-state index in [1.807, 2.05) is 0 Å². The number of nitrogens with zero attached hydrogens (tertiary/aromatic N) is 3. The Balaban J connectivity index is 1.59. The molecule has 0 unspecified atom stereocenters. The van der Waals surface area contributed by atoms with Crippen molar-refractivity contribution in [2.45, 2.75) is 6.92 Å². The third-order valence-corrected chi connectivity index (χ3v) is 6.75. The predicted molar refractivity (Wildman–Crippen MR) is 145 cm³/mol. The molecule has 166 valence electrons. The number of fused-ring (bicyclic) bond motifs is 5. The number of aromatic nitrogens is 3. The normalized spacial score (nSPS) is 11.6. The lowest BCUT2D eigenvalue weighted by molar-refractivity contribution is 1.11. The number of hydrogen-bond donors (Lipinski definition) is 0. The molecule has 2 aromatic heterocycles. The second kappa shape index (κ2) is 7.71. The van der Waals surface area contributed by atoms with E-state index in [1.165, 1.54) is 27.8 Å². The molecule has 0 atom stereocenters. The summed E-state index contributed by atoms with van der Waals surface area (Å²) in [7, 11) is 0. The zero-order valence-corrected chi connectivity index (χ0v) is 19.4. The summed E-state index contributed by atoms with van der Waals surface area (Å²) in [4.78, 5) is 5.10. The van der Waals surface area contributed by atoms with E-state index in [1.54, 1.807) is 0 Å². The van der Waals surface area contributed by atoms with Crippen LogP contribution in [-0.2, 0) is 0 Å². The minimum atomic E-state index is 0.927. The first kappa shape index (κ1) is 19.8. The lowest BCUT2D eigenvalue weighted by Gasteiger charge is -2.12. The van der Waals surface area contributed by atoms with Gasteiger partial charge in [0.05, 0.1) is 27.8 Å². The molecule has 3 heteroatoms. The van der Waals surface area contributed by atoms with E-state index >= 15 is 0 Å². The summed E-state index contributed by atoms with van der Waals surface area (Å²) in [5.41, 5.74) is 11.5. The maximum absolute atomic E-state index is 5.10. The van der Waals surface area contributed by atoms with Crippen molar-refractivity contribution in [2.24, 2.45) is 0 Å². The topological polar surface area (TPSA) is 22.2 Å². The minimum Gasteiger partial charge on any atom is -0.278 e. The molecule has 7 aromatic rings. The van der Waals surface area contributed by atoms with Gasteiger partial charge in [-0.05, 0) is 77.2 Å². The number of benzene rings is 5. The molecule has 0 aliphatic rings. The lowest BCUT2D eigenvalue weighted by Crippen LogP contribution is -1.97. The Morgan fingerprint density at radius 1 is 0.514 bits per heavy atom. The highest BCUT2D eigenvalue weighted by molar-refractivity contribution is 5.93. The molecule has 0 bridgehead atoms. The van der Waals surface area contributed by atoms with Crippen LogP contribution in [0.3, 0.4) is 0 Å². The third kappa shape index (κ3) is 3.17. The molecule has 3 nitrogen and oxygen atoms in total. The summed E-state index contributed by atoms with van der Waals surface area (Å²) in [5, 5.41) is 0. The molecule has 0 aliphatic carbocycles. The highest BCUT2D eigenvalue weighted by atomic mass is 15.2. The van der Waals surface area contributed by atoms with Crippen LogP contribution in [0.2, 0.25) is 0 Å². The molecule has 5 aromatic carbocycles. The molecule has 0 radical (unpaired) electrons.